The second-order valence-corrected chi connectivity index (χ2v) is 6.01. The summed E-state index contributed by atoms with van der Waals surface area (Å²) in [7, 11) is 1.66. The SMILES string of the molecule is COc1ccc2c(c1)OC(c1ccc(SC)cc1)C[C@H]2N. The number of methoxy groups -OCH3 is 1. The van der Waals surface area contributed by atoms with Gasteiger partial charge in [0, 0.05) is 29.0 Å². The number of hydrogen-bond acceptors (Lipinski definition) is 4. The fourth-order valence-electron chi connectivity index (χ4n) is 2.63. The Bertz CT molecular complexity index is 627. The Morgan fingerprint density at radius 2 is 1.95 bits per heavy atom. The van der Waals surface area contributed by atoms with Crippen LogP contribution in [0.4, 0.5) is 0 Å². The van der Waals surface area contributed by atoms with Crippen molar-refractivity contribution in [1.82, 2.24) is 0 Å². The maximum atomic E-state index is 6.30. The van der Waals surface area contributed by atoms with E-state index in [9.17, 15) is 0 Å². The molecule has 0 saturated heterocycles. The van der Waals surface area contributed by atoms with Gasteiger partial charge in [-0.25, -0.2) is 0 Å². The number of thioether (sulfide) groups is 1. The predicted molar refractivity (Wildman–Crippen MR) is 86.1 cm³/mol. The molecule has 2 aromatic carbocycles. The molecule has 110 valence electrons. The third-order valence-electron chi connectivity index (χ3n) is 3.85. The minimum atomic E-state index is -0.00937. The van der Waals surface area contributed by atoms with Crippen molar-refractivity contribution in [3.8, 4) is 11.5 Å². The Morgan fingerprint density at radius 1 is 1.19 bits per heavy atom. The van der Waals surface area contributed by atoms with E-state index in [0.717, 1.165) is 29.0 Å². The number of rotatable bonds is 3. The molecule has 21 heavy (non-hydrogen) atoms. The highest BCUT2D eigenvalue weighted by Crippen LogP contribution is 2.41. The van der Waals surface area contributed by atoms with Crippen LogP contribution in [0, 0.1) is 0 Å². The van der Waals surface area contributed by atoms with Crippen molar-refractivity contribution in [1.29, 1.82) is 0 Å². The third kappa shape index (κ3) is 2.87. The smallest absolute Gasteiger partial charge is 0.128 e. The number of ether oxygens (including phenoxy) is 2. The van der Waals surface area contributed by atoms with Gasteiger partial charge in [-0.3, -0.25) is 0 Å². The molecule has 0 spiro atoms. The minimum absolute atomic E-state index is 0.00416. The van der Waals surface area contributed by atoms with E-state index in [1.165, 1.54) is 4.90 Å². The Balaban J connectivity index is 1.89. The van der Waals surface area contributed by atoms with E-state index >= 15 is 0 Å². The zero-order valence-electron chi connectivity index (χ0n) is 12.2. The molecule has 0 aliphatic carbocycles. The average molecular weight is 301 g/mol. The lowest BCUT2D eigenvalue weighted by atomic mass is 9.93. The summed E-state index contributed by atoms with van der Waals surface area (Å²) in [6.45, 7) is 0. The van der Waals surface area contributed by atoms with E-state index in [1.807, 2.05) is 18.2 Å². The molecule has 0 fully saturated rings. The first kappa shape index (κ1) is 14.3. The van der Waals surface area contributed by atoms with Crippen molar-refractivity contribution < 1.29 is 9.47 Å². The second kappa shape index (κ2) is 6.00. The van der Waals surface area contributed by atoms with Crippen LogP contribution < -0.4 is 15.2 Å². The first-order chi connectivity index (χ1) is 10.2. The van der Waals surface area contributed by atoms with Crippen molar-refractivity contribution >= 4 is 11.8 Å². The van der Waals surface area contributed by atoms with Gasteiger partial charge in [-0.15, -0.1) is 11.8 Å². The summed E-state index contributed by atoms with van der Waals surface area (Å²) in [5, 5.41) is 0. The molecule has 4 heteroatoms. The van der Waals surface area contributed by atoms with E-state index in [4.69, 9.17) is 15.2 Å². The van der Waals surface area contributed by atoms with E-state index in [1.54, 1.807) is 18.9 Å². The molecule has 0 bridgehead atoms. The second-order valence-electron chi connectivity index (χ2n) is 5.13. The maximum Gasteiger partial charge on any atom is 0.128 e. The van der Waals surface area contributed by atoms with Crippen molar-refractivity contribution in [3.63, 3.8) is 0 Å². The first-order valence-corrected chi connectivity index (χ1v) is 8.18. The zero-order valence-corrected chi connectivity index (χ0v) is 13.0. The highest BCUT2D eigenvalue weighted by Gasteiger charge is 2.27. The summed E-state index contributed by atoms with van der Waals surface area (Å²) in [5.41, 5.74) is 8.51. The van der Waals surface area contributed by atoms with Crippen LogP contribution in [0.15, 0.2) is 47.4 Å². The molecule has 1 unspecified atom stereocenters. The summed E-state index contributed by atoms with van der Waals surface area (Å²) in [6, 6.07) is 14.3. The van der Waals surface area contributed by atoms with Crippen LogP contribution in [0.2, 0.25) is 0 Å². The molecule has 0 saturated carbocycles. The first-order valence-electron chi connectivity index (χ1n) is 6.95. The van der Waals surface area contributed by atoms with Crippen LogP contribution in [-0.2, 0) is 0 Å². The van der Waals surface area contributed by atoms with Gasteiger partial charge in [0.15, 0.2) is 0 Å². The van der Waals surface area contributed by atoms with Gasteiger partial charge in [0.25, 0.3) is 0 Å². The Labute approximate surface area is 129 Å². The Kier molecular flexibility index (Phi) is 4.08. The lowest BCUT2D eigenvalue weighted by Gasteiger charge is -2.31. The van der Waals surface area contributed by atoms with Gasteiger partial charge >= 0.3 is 0 Å². The van der Waals surface area contributed by atoms with Gasteiger partial charge in [0.2, 0.25) is 0 Å². The van der Waals surface area contributed by atoms with Gasteiger partial charge < -0.3 is 15.2 Å². The fraction of sp³-hybridized carbons (Fsp3) is 0.294. The summed E-state index contributed by atoms with van der Waals surface area (Å²) < 4.78 is 11.4. The van der Waals surface area contributed by atoms with E-state index in [2.05, 4.69) is 30.5 Å². The number of benzene rings is 2. The molecule has 3 rings (SSSR count). The molecule has 2 aromatic rings. The summed E-state index contributed by atoms with van der Waals surface area (Å²) >= 11 is 1.74. The molecular weight excluding hydrogens is 282 g/mol. The number of hydrogen-bond donors (Lipinski definition) is 1. The molecule has 1 heterocycles. The highest BCUT2D eigenvalue weighted by molar-refractivity contribution is 7.98. The molecule has 0 amide bonds. The van der Waals surface area contributed by atoms with Crippen LogP contribution >= 0.6 is 11.8 Å². The predicted octanol–water partition coefficient (Wildman–Crippen LogP) is 3.94. The highest BCUT2D eigenvalue weighted by atomic mass is 32.2. The third-order valence-corrected chi connectivity index (χ3v) is 4.59. The Hall–Kier alpha value is -1.65. The molecule has 3 nitrogen and oxygen atoms in total. The van der Waals surface area contributed by atoms with Crippen molar-refractivity contribution in [2.75, 3.05) is 13.4 Å². The van der Waals surface area contributed by atoms with E-state index in [0.29, 0.717) is 0 Å². The molecule has 0 radical (unpaired) electrons. The Morgan fingerprint density at radius 3 is 2.62 bits per heavy atom. The monoisotopic (exact) mass is 301 g/mol. The van der Waals surface area contributed by atoms with Gasteiger partial charge in [-0.05, 0) is 30.0 Å². The summed E-state index contributed by atoms with van der Waals surface area (Å²) in [5.74, 6) is 1.62. The topological polar surface area (TPSA) is 44.5 Å². The van der Waals surface area contributed by atoms with Gasteiger partial charge in [-0.2, -0.15) is 0 Å². The molecule has 0 aromatic heterocycles. The molecule has 1 aliphatic heterocycles. The van der Waals surface area contributed by atoms with Crippen molar-refractivity contribution in [3.05, 3.63) is 53.6 Å². The number of nitrogens with two attached hydrogens (primary N) is 1. The fourth-order valence-corrected chi connectivity index (χ4v) is 3.04. The standard InChI is InChI=1S/C17H19NO2S/c1-19-12-5-8-14-15(18)10-16(20-17(14)9-12)11-3-6-13(21-2)7-4-11/h3-9,15-16H,10,18H2,1-2H3/t15-,16?/m1/s1. The van der Waals surface area contributed by atoms with Crippen LogP contribution in [0.3, 0.4) is 0 Å². The van der Waals surface area contributed by atoms with Crippen LogP contribution in [-0.4, -0.2) is 13.4 Å². The van der Waals surface area contributed by atoms with E-state index < -0.39 is 0 Å². The van der Waals surface area contributed by atoms with Crippen LogP contribution in [0.25, 0.3) is 0 Å². The molecule has 1 aliphatic rings. The van der Waals surface area contributed by atoms with Crippen LogP contribution in [0.5, 0.6) is 11.5 Å². The maximum absolute atomic E-state index is 6.30. The number of fused-ring (bicyclic) bond motifs is 1. The van der Waals surface area contributed by atoms with Crippen molar-refractivity contribution in [2.24, 2.45) is 5.73 Å². The van der Waals surface area contributed by atoms with Gasteiger partial charge in [0.05, 0.1) is 7.11 Å². The van der Waals surface area contributed by atoms with E-state index in [-0.39, 0.29) is 12.1 Å². The summed E-state index contributed by atoms with van der Waals surface area (Å²) in [4.78, 5) is 1.25. The normalized spacial score (nSPS) is 20.5. The largest absolute Gasteiger partial charge is 0.497 e. The van der Waals surface area contributed by atoms with Crippen LogP contribution in [0.1, 0.15) is 29.7 Å². The minimum Gasteiger partial charge on any atom is -0.497 e. The van der Waals surface area contributed by atoms with Gasteiger partial charge in [0.1, 0.15) is 17.6 Å². The quantitative estimate of drug-likeness (QED) is 0.872. The zero-order chi connectivity index (χ0) is 14.8. The lowest BCUT2D eigenvalue weighted by Crippen LogP contribution is -2.24. The average Bonchev–Trinajstić information content (AvgIpc) is 2.54. The lowest BCUT2D eigenvalue weighted by molar-refractivity contribution is 0.161. The van der Waals surface area contributed by atoms with Crippen molar-refractivity contribution in [2.45, 2.75) is 23.5 Å². The molecular formula is C17H19NO2S. The molecule has 2 N–H and O–H groups in total. The van der Waals surface area contributed by atoms with Gasteiger partial charge in [-0.1, -0.05) is 18.2 Å². The molecule has 2 atom stereocenters. The summed E-state index contributed by atoms with van der Waals surface area (Å²) in [6.07, 6.45) is 2.86.